The number of Topliss-reactive ketones (excluding diaryl/α,β-unsaturated/α-hetero) is 1. The third kappa shape index (κ3) is 4.98. The second-order valence-electron chi connectivity index (χ2n) is 8.70. The third-order valence-electron chi connectivity index (χ3n) is 6.25. The molecular formula is C28H20ClN3O5S2. The van der Waals surface area contributed by atoms with Crippen LogP contribution in [0.5, 0.6) is 11.5 Å². The molecule has 1 aromatic heterocycles. The van der Waals surface area contributed by atoms with Gasteiger partial charge in [-0.3, -0.25) is 14.5 Å². The molecule has 1 amide bonds. The van der Waals surface area contributed by atoms with Crippen molar-refractivity contribution in [2.45, 2.75) is 16.1 Å². The number of anilines is 1. The minimum Gasteiger partial charge on any atom is -0.507 e. The Bertz CT molecular complexity index is 1590. The van der Waals surface area contributed by atoms with Crippen LogP contribution in [0, 0.1) is 0 Å². The SMILES string of the molecule is O=C1C(=O)N(c2nnc(SCc3ccc(Cl)cc3)s2)C(c2ccccc2)/C1=C(\O)c1ccc2c(c1)OCCO2. The Morgan fingerprint density at radius 3 is 2.51 bits per heavy atom. The predicted octanol–water partition coefficient (Wildman–Crippen LogP) is 5.88. The second kappa shape index (κ2) is 10.7. The molecule has 196 valence electrons. The Morgan fingerprint density at radius 2 is 1.74 bits per heavy atom. The van der Waals surface area contributed by atoms with Gasteiger partial charge in [0.25, 0.3) is 5.78 Å². The number of hydrogen-bond donors (Lipinski definition) is 1. The number of ketones is 1. The topological polar surface area (TPSA) is 102 Å². The molecule has 0 bridgehead atoms. The molecule has 2 aliphatic rings. The van der Waals surface area contributed by atoms with E-state index in [2.05, 4.69) is 10.2 Å². The summed E-state index contributed by atoms with van der Waals surface area (Å²) in [4.78, 5) is 28.1. The van der Waals surface area contributed by atoms with E-state index in [9.17, 15) is 14.7 Å². The number of halogens is 1. The molecule has 2 aliphatic heterocycles. The van der Waals surface area contributed by atoms with Gasteiger partial charge in [0.15, 0.2) is 15.8 Å². The molecule has 1 atom stereocenters. The number of hydrogen-bond acceptors (Lipinski definition) is 9. The maximum atomic E-state index is 13.4. The number of amides is 1. The van der Waals surface area contributed by atoms with Crippen LogP contribution < -0.4 is 14.4 Å². The molecular weight excluding hydrogens is 558 g/mol. The van der Waals surface area contributed by atoms with Crippen LogP contribution >= 0.6 is 34.7 Å². The highest BCUT2D eigenvalue weighted by Gasteiger charge is 2.48. The van der Waals surface area contributed by atoms with Crippen LogP contribution in [0.2, 0.25) is 5.02 Å². The van der Waals surface area contributed by atoms with Crippen molar-refractivity contribution in [2.75, 3.05) is 18.1 Å². The molecule has 3 heterocycles. The average molecular weight is 578 g/mol. The number of aromatic nitrogens is 2. The Kier molecular flexibility index (Phi) is 6.99. The zero-order chi connectivity index (χ0) is 26.9. The molecule has 6 rings (SSSR count). The Morgan fingerprint density at radius 1 is 1.00 bits per heavy atom. The van der Waals surface area contributed by atoms with Crippen LogP contribution in [0.25, 0.3) is 5.76 Å². The predicted molar refractivity (Wildman–Crippen MR) is 150 cm³/mol. The van der Waals surface area contributed by atoms with Gasteiger partial charge in [-0.15, -0.1) is 10.2 Å². The molecule has 3 aromatic carbocycles. The van der Waals surface area contributed by atoms with Crippen molar-refractivity contribution >= 4 is 57.3 Å². The van der Waals surface area contributed by atoms with Gasteiger partial charge in [-0.05, 0) is 41.5 Å². The first kappa shape index (κ1) is 25.4. The smallest absolute Gasteiger partial charge is 0.301 e. The fourth-order valence-electron chi connectivity index (χ4n) is 4.41. The number of rotatable bonds is 6. The van der Waals surface area contributed by atoms with Gasteiger partial charge in [-0.2, -0.15) is 0 Å². The lowest BCUT2D eigenvalue weighted by atomic mass is 9.95. The molecule has 1 unspecified atom stereocenters. The first-order valence-corrected chi connectivity index (χ1v) is 14.1. The van der Waals surface area contributed by atoms with Crippen molar-refractivity contribution in [1.82, 2.24) is 10.2 Å². The highest BCUT2D eigenvalue weighted by Crippen LogP contribution is 2.44. The normalized spacial score (nSPS) is 18.0. The van der Waals surface area contributed by atoms with Gasteiger partial charge in [0, 0.05) is 16.3 Å². The fraction of sp³-hybridized carbons (Fsp3) is 0.143. The lowest BCUT2D eigenvalue weighted by Gasteiger charge is -2.23. The molecule has 11 heteroatoms. The molecule has 1 saturated heterocycles. The molecule has 1 N–H and O–H groups in total. The number of ether oxygens (including phenoxy) is 2. The fourth-order valence-corrected chi connectivity index (χ4v) is 6.36. The highest BCUT2D eigenvalue weighted by molar-refractivity contribution is 8.00. The summed E-state index contributed by atoms with van der Waals surface area (Å²) in [5.41, 5.74) is 2.02. The van der Waals surface area contributed by atoms with Gasteiger partial charge in [0.2, 0.25) is 5.13 Å². The summed E-state index contributed by atoms with van der Waals surface area (Å²) in [6.45, 7) is 0.806. The van der Waals surface area contributed by atoms with Gasteiger partial charge in [0.05, 0.1) is 11.6 Å². The van der Waals surface area contributed by atoms with Crippen molar-refractivity contribution in [3.05, 3.63) is 100 Å². The molecule has 0 aliphatic carbocycles. The zero-order valence-corrected chi connectivity index (χ0v) is 22.6. The molecule has 8 nitrogen and oxygen atoms in total. The van der Waals surface area contributed by atoms with Gasteiger partial charge in [0.1, 0.15) is 19.0 Å². The lowest BCUT2D eigenvalue weighted by Crippen LogP contribution is -2.29. The number of fused-ring (bicyclic) bond motifs is 1. The van der Waals surface area contributed by atoms with Crippen LogP contribution in [0.3, 0.4) is 0 Å². The maximum Gasteiger partial charge on any atom is 0.301 e. The lowest BCUT2D eigenvalue weighted by molar-refractivity contribution is -0.132. The number of carbonyl (C=O) groups excluding carboxylic acids is 2. The summed E-state index contributed by atoms with van der Waals surface area (Å²) in [6, 6.07) is 20.6. The first-order valence-electron chi connectivity index (χ1n) is 12.0. The van der Waals surface area contributed by atoms with Gasteiger partial charge in [-0.25, -0.2) is 0 Å². The summed E-state index contributed by atoms with van der Waals surface area (Å²) < 4.78 is 11.9. The van der Waals surface area contributed by atoms with Gasteiger partial charge >= 0.3 is 5.91 Å². The van der Waals surface area contributed by atoms with Crippen molar-refractivity contribution in [3.63, 3.8) is 0 Å². The van der Waals surface area contributed by atoms with Crippen molar-refractivity contribution in [3.8, 4) is 11.5 Å². The summed E-state index contributed by atoms with van der Waals surface area (Å²) in [5.74, 6) is -0.243. The van der Waals surface area contributed by atoms with Crippen LogP contribution in [0.1, 0.15) is 22.7 Å². The van der Waals surface area contributed by atoms with E-state index >= 15 is 0 Å². The number of nitrogens with zero attached hydrogens (tertiary/aromatic N) is 3. The largest absolute Gasteiger partial charge is 0.507 e. The van der Waals surface area contributed by atoms with E-state index in [0.29, 0.717) is 51.0 Å². The van der Waals surface area contributed by atoms with E-state index in [1.54, 1.807) is 30.3 Å². The summed E-state index contributed by atoms with van der Waals surface area (Å²) >= 11 is 8.65. The van der Waals surface area contributed by atoms with E-state index in [0.717, 1.165) is 5.56 Å². The number of aliphatic hydroxyl groups excluding tert-OH is 1. The third-order valence-corrected chi connectivity index (χ3v) is 8.63. The monoisotopic (exact) mass is 577 g/mol. The molecule has 0 spiro atoms. The maximum absolute atomic E-state index is 13.4. The minimum atomic E-state index is -0.888. The number of carbonyl (C=O) groups is 2. The quantitative estimate of drug-likeness (QED) is 0.0996. The zero-order valence-electron chi connectivity index (χ0n) is 20.2. The molecule has 4 aromatic rings. The van der Waals surface area contributed by atoms with E-state index in [-0.39, 0.29) is 16.5 Å². The van der Waals surface area contributed by atoms with Crippen molar-refractivity contribution in [2.24, 2.45) is 0 Å². The van der Waals surface area contributed by atoms with Crippen molar-refractivity contribution < 1.29 is 24.2 Å². The van der Waals surface area contributed by atoms with Crippen LogP contribution in [0.4, 0.5) is 5.13 Å². The van der Waals surface area contributed by atoms with Crippen LogP contribution in [-0.2, 0) is 15.3 Å². The van der Waals surface area contributed by atoms with Crippen LogP contribution in [0.15, 0.2) is 82.7 Å². The number of aliphatic hydroxyl groups is 1. The van der Waals surface area contributed by atoms with E-state index in [4.69, 9.17) is 21.1 Å². The number of benzene rings is 3. The molecule has 0 saturated carbocycles. The summed E-state index contributed by atoms with van der Waals surface area (Å²) in [6.07, 6.45) is 0. The standard InChI is InChI=1S/C28H20ClN3O5S2/c29-19-9-6-16(7-10-19)15-38-28-31-30-27(39-28)32-23(17-4-2-1-3-5-17)22(25(34)26(32)35)24(33)18-8-11-20-21(14-18)37-13-12-36-20/h1-11,14,23,33H,12-13,15H2/b24-22+. The highest BCUT2D eigenvalue weighted by atomic mass is 35.5. The Balaban J connectivity index is 1.36. The summed E-state index contributed by atoms with van der Waals surface area (Å²) in [5, 5.41) is 20.8. The Labute approximate surface area is 236 Å². The van der Waals surface area contributed by atoms with Gasteiger partial charge < -0.3 is 14.6 Å². The van der Waals surface area contributed by atoms with Crippen molar-refractivity contribution in [1.29, 1.82) is 0 Å². The van der Waals surface area contributed by atoms with E-state index in [1.165, 1.54) is 28.0 Å². The second-order valence-corrected chi connectivity index (χ2v) is 11.3. The number of thioether (sulfide) groups is 1. The minimum absolute atomic E-state index is 0.0338. The first-order chi connectivity index (χ1) is 19.0. The van der Waals surface area contributed by atoms with E-state index < -0.39 is 17.7 Å². The molecule has 0 radical (unpaired) electrons. The summed E-state index contributed by atoms with van der Waals surface area (Å²) in [7, 11) is 0. The Hall–Kier alpha value is -3.86. The van der Waals surface area contributed by atoms with E-state index in [1.807, 2.05) is 42.5 Å². The average Bonchev–Trinajstić information content (AvgIpc) is 3.54. The molecule has 1 fully saturated rings. The van der Waals surface area contributed by atoms with Crippen LogP contribution in [-0.4, -0.2) is 40.2 Å². The van der Waals surface area contributed by atoms with Gasteiger partial charge in [-0.1, -0.05) is 77.2 Å². The molecule has 39 heavy (non-hydrogen) atoms.